The van der Waals surface area contributed by atoms with E-state index >= 15 is 0 Å². The maximum Gasteiger partial charge on any atom is 0.220 e. The van der Waals surface area contributed by atoms with Crippen LogP contribution < -0.4 is 5.73 Å². The average molecular weight is 330 g/mol. The van der Waals surface area contributed by atoms with Crippen molar-refractivity contribution < 1.29 is 5.11 Å². The summed E-state index contributed by atoms with van der Waals surface area (Å²) in [4.78, 5) is 12.6. The van der Waals surface area contributed by atoms with E-state index in [1.54, 1.807) is 12.3 Å². The highest BCUT2D eigenvalue weighted by molar-refractivity contribution is 5.71. The molecule has 0 aliphatic heterocycles. The van der Waals surface area contributed by atoms with Gasteiger partial charge in [0.05, 0.1) is 23.1 Å². The topological polar surface area (TPSA) is 84.9 Å². The minimum absolute atomic E-state index is 0.0756. The largest absolute Gasteiger partial charge is 0.506 e. The van der Waals surface area contributed by atoms with E-state index in [4.69, 9.17) is 5.73 Å². The summed E-state index contributed by atoms with van der Waals surface area (Å²) in [5, 5.41) is 9.52. The Morgan fingerprint density at radius 2 is 1.64 bits per heavy atom. The van der Waals surface area contributed by atoms with Crippen LogP contribution in [-0.4, -0.2) is 20.1 Å². The summed E-state index contributed by atoms with van der Waals surface area (Å²) >= 11 is 0. The molecule has 2 aromatic heterocycles. The minimum Gasteiger partial charge on any atom is -0.506 e. The lowest BCUT2D eigenvalue weighted by atomic mass is 10.0. The fourth-order valence-electron chi connectivity index (χ4n) is 2.70. The third kappa shape index (κ3) is 3.75. The quantitative estimate of drug-likeness (QED) is 0.670. The zero-order valence-electron chi connectivity index (χ0n) is 14.3. The predicted molar refractivity (Wildman–Crippen MR) is 98.0 cm³/mol. The third-order valence-electron chi connectivity index (χ3n) is 3.66. The van der Waals surface area contributed by atoms with Crippen LogP contribution >= 0.6 is 0 Å². The standard InChI is InChI=1S/C20H18N4O/c1-12-6-13(2)8-16(7-12)19-18(14(3)23-20(21)24-19)5-4-15-9-17(25)11-22-10-15/h6-11,25H,1-3H3,(H2,21,23,24). The number of aromatic nitrogens is 3. The van der Waals surface area contributed by atoms with Crippen molar-refractivity contribution in [2.45, 2.75) is 20.8 Å². The average Bonchev–Trinajstić information content (AvgIpc) is 2.52. The van der Waals surface area contributed by atoms with Crippen LogP contribution in [0.5, 0.6) is 5.75 Å². The molecule has 0 unspecified atom stereocenters. The van der Waals surface area contributed by atoms with E-state index < -0.39 is 0 Å². The van der Waals surface area contributed by atoms with Crippen molar-refractivity contribution >= 4 is 5.95 Å². The van der Waals surface area contributed by atoms with Gasteiger partial charge >= 0.3 is 0 Å². The number of hydrogen-bond donors (Lipinski definition) is 2. The molecule has 0 saturated carbocycles. The van der Waals surface area contributed by atoms with Crippen LogP contribution in [0.4, 0.5) is 5.95 Å². The van der Waals surface area contributed by atoms with Crippen molar-refractivity contribution in [2.75, 3.05) is 5.73 Å². The molecule has 0 spiro atoms. The van der Waals surface area contributed by atoms with E-state index in [0.717, 1.165) is 16.7 Å². The van der Waals surface area contributed by atoms with Crippen LogP contribution in [0.25, 0.3) is 11.3 Å². The number of pyridine rings is 1. The number of benzene rings is 1. The minimum atomic E-state index is 0.0756. The number of anilines is 1. The summed E-state index contributed by atoms with van der Waals surface area (Å²) < 4.78 is 0. The molecule has 2 heterocycles. The van der Waals surface area contributed by atoms with Crippen LogP contribution in [0.1, 0.15) is 27.9 Å². The van der Waals surface area contributed by atoms with Crippen LogP contribution in [-0.2, 0) is 0 Å². The van der Waals surface area contributed by atoms with Crippen molar-refractivity contribution in [2.24, 2.45) is 0 Å². The van der Waals surface area contributed by atoms with Gasteiger partial charge in [0, 0.05) is 17.3 Å². The number of aromatic hydroxyl groups is 1. The van der Waals surface area contributed by atoms with Crippen molar-refractivity contribution in [3.05, 3.63) is 64.6 Å². The van der Waals surface area contributed by atoms with Crippen molar-refractivity contribution in [3.63, 3.8) is 0 Å². The molecule has 124 valence electrons. The molecule has 5 nitrogen and oxygen atoms in total. The molecule has 5 heteroatoms. The number of nitrogen functional groups attached to an aromatic ring is 1. The zero-order chi connectivity index (χ0) is 18.0. The second kappa shape index (κ2) is 6.62. The molecule has 25 heavy (non-hydrogen) atoms. The third-order valence-corrected chi connectivity index (χ3v) is 3.66. The Bertz CT molecular complexity index is 996. The summed E-state index contributed by atoms with van der Waals surface area (Å²) in [6.45, 7) is 5.93. The van der Waals surface area contributed by atoms with E-state index in [2.05, 4.69) is 45.0 Å². The maximum atomic E-state index is 9.52. The monoisotopic (exact) mass is 330 g/mol. The van der Waals surface area contributed by atoms with Crippen LogP contribution in [0.15, 0.2) is 36.7 Å². The molecule has 3 N–H and O–H groups in total. The molecule has 0 bridgehead atoms. The van der Waals surface area contributed by atoms with Gasteiger partial charge in [-0.2, -0.15) is 0 Å². The van der Waals surface area contributed by atoms with Gasteiger partial charge in [0.15, 0.2) is 0 Å². The molecular formula is C20H18N4O. The number of aryl methyl sites for hydroxylation is 3. The molecule has 0 radical (unpaired) electrons. The fourth-order valence-corrected chi connectivity index (χ4v) is 2.70. The van der Waals surface area contributed by atoms with Gasteiger partial charge in [-0.15, -0.1) is 0 Å². The van der Waals surface area contributed by atoms with Crippen LogP contribution in [0.3, 0.4) is 0 Å². The van der Waals surface area contributed by atoms with Gasteiger partial charge in [-0.1, -0.05) is 29.0 Å². The molecule has 0 aliphatic rings. The smallest absolute Gasteiger partial charge is 0.220 e. The predicted octanol–water partition coefficient (Wildman–Crippen LogP) is 3.15. The van der Waals surface area contributed by atoms with E-state index in [1.165, 1.54) is 6.20 Å². The summed E-state index contributed by atoms with van der Waals surface area (Å²) in [5.41, 5.74) is 11.8. The molecule has 0 aliphatic carbocycles. The van der Waals surface area contributed by atoms with Gasteiger partial charge in [0.25, 0.3) is 0 Å². The summed E-state index contributed by atoms with van der Waals surface area (Å²) in [7, 11) is 0. The Morgan fingerprint density at radius 1 is 0.920 bits per heavy atom. The van der Waals surface area contributed by atoms with E-state index in [9.17, 15) is 5.11 Å². The normalized spacial score (nSPS) is 10.2. The Morgan fingerprint density at radius 3 is 2.32 bits per heavy atom. The van der Waals surface area contributed by atoms with Crippen molar-refractivity contribution in [3.8, 4) is 28.8 Å². The molecule has 0 atom stereocenters. The Hall–Kier alpha value is -3.39. The lowest BCUT2D eigenvalue weighted by Gasteiger charge is -2.09. The van der Waals surface area contributed by atoms with E-state index in [1.807, 2.05) is 20.8 Å². The summed E-state index contributed by atoms with van der Waals surface area (Å²) in [5.74, 6) is 6.41. The Balaban J connectivity index is 2.17. The van der Waals surface area contributed by atoms with Crippen LogP contribution in [0, 0.1) is 32.6 Å². The Labute approximate surface area is 146 Å². The highest BCUT2D eigenvalue weighted by Gasteiger charge is 2.12. The first kappa shape index (κ1) is 16.5. The fraction of sp³-hybridized carbons (Fsp3) is 0.150. The van der Waals surface area contributed by atoms with Crippen molar-refractivity contribution in [1.82, 2.24) is 15.0 Å². The number of rotatable bonds is 1. The first-order valence-electron chi connectivity index (χ1n) is 7.81. The van der Waals surface area contributed by atoms with E-state index in [-0.39, 0.29) is 11.7 Å². The van der Waals surface area contributed by atoms with Gasteiger partial charge in [-0.25, -0.2) is 9.97 Å². The first-order valence-corrected chi connectivity index (χ1v) is 7.81. The highest BCUT2D eigenvalue weighted by Crippen LogP contribution is 2.26. The molecular weight excluding hydrogens is 312 g/mol. The number of hydrogen-bond acceptors (Lipinski definition) is 5. The lowest BCUT2D eigenvalue weighted by molar-refractivity contribution is 0.472. The van der Waals surface area contributed by atoms with Gasteiger partial charge in [0.2, 0.25) is 5.95 Å². The Kier molecular flexibility index (Phi) is 4.36. The molecule has 0 amide bonds. The first-order chi connectivity index (χ1) is 11.9. The zero-order valence-corrected chi connectivity index (χ0v) is 14.3. The van der Waals surface area contributed by atoms with Crippen molar-refractivity contribution in [1.29, 1.82) is 0 Å². The van der Waals surface area contributed by atoms with Gasteiger partial charge in [-0.05, 0) is 39.0 Å². The second-order valence-corrected chi connectivity index (χ2v) is 5.95. The van der Waals surface area contributed by atoms with Gasteiger partial charge < -0.3 is 10.8 Å². The molecule has 3 rings (SSSR count). The number of nitrogens with two attached hydrogens (primary N) is 1. The van der Waals surface area contributed by atoms with Gasteiger partial charge in [-0.3, -0.25) is 4.98 Å². The summed E-state index contributed by atoms with van der Waals surface area (Å²) in [6.07, 6.45) is 2.96. The lowest BCUT2D eigenvalue weighted by Crippen LogP contribution is -2.03. The maximum absolute atomic E-state index is 9.52. The SMILES string of the molecule is Cc1cc(C)cc(-c2nc(N)nc(C)c2C#Cc2cncc(O)c2)c1. The summed E-state index contributed by atoms with van der Waals surface area (Å²) in [6, 6.07) is 7.76. The molecule has 0 saturated heterocycles. The molecule has 3 aromatic rings. The van der Waals surface area contributed by atoms with Gasteiger partial charge in [0.1, 0.15) is 5.75 Å². The highest BCUT2D eigenvalue weighted by atomic mass is 16.3. The van der Waals surface area contributed by atoms with E-state index in [0.29, 0.717) is 22.5 Å². The molecule has 0 fully saturated rings. The second-order valence-electron chi connectivity index (χ2n) is 5.95. The van der Waals surface area contributed by atoms with Crippen LogP contribution in [0.2, 0.25) is 0 Å². The number of nitrogens with zero attached hydrogens (tertiary/aromatic N) is 3. The molecule has 1 aromatic carbocycles.